The van der Waals surface area contributed by atoms with Gasteiger partial charge in [-0.15, -0.1) is 0 Å². The smallest absolute Gasteiger partial charge is 0.462 e. The molecule has 0 aromatic carbocycles. The average molecular weight is 1470 g/mol. The second-order valence-electron chi connectivity index (χ2n) is 31.1. The number of carbonyl (C=O) groups excluding carboxylic acids is 4. The second kappa shape index (κ2) is 70.1. The molecule has 3 N–H and O–H groups in total. The first-order valence-corrected chi connectivity index (χ1v) is 44.7. The Labute approximate surface area is 613 Å². The van der Waals surface area contributed by atoms with Crippen molar-refractivity contribution < 1.29 is 80.2 Å². The van der Waals surface area contributed by atoms with E-state index >= 15 is 0 Å². The summed E-state index contributed by atoms with van der Waals surface area (Å²) in [5, 5.41) is 10.6. The minimum atomic E-state index is -4.96. The van der Waals surface area contributed by atoms with Gasteiger partial charge in [0.05, 0.1) is 26.4 Å². The first-order valence-electron chi connectivity index (χ1n) is 41.7. The van der Waals surface area contributed by atoms with Crippen LogP contribution in [0.15, 0.2) is 0 Å². The van der Waals surface area contributed by atoms with E-state index in [0.717, 1.165) is 108 Å². The number of unbranched alkanes of at least 4 members (excludes halogenated alkanes) is 44. The van der Waals surface area contributed by atoms with Crippen LogP contribution in [0.3, 0.4) is 0 Å². The Kier molecular flexibility index (Phi) is 68.7. The maximum absolute atomic E-state index is 13.1. The Balaban J connectivity index is 5.15. The molecular formula is C81H158O17P2. The lowest BCUT2D eigenvalue weighted by Crippen LogP contribution is -2.30. The minimum Gasteiger partial charge on any atom is -0.462 e. The maximum atomic E-state index is 13.1. The van der Waals surface area contributed by atoms with Gasteiger partial charge in [-0.25, -0.2) is 9.13 Å². The second-order valence-corrected chi connectivity index (χ2v) is 34.0. The van der Waals surface area contributed by atoms with Crippen LogP contribution in [-0.4, -0.2) is 96.7 Å². The van der Waals surface area contributed by atoms with Crippen molar-refractivity contribution in [3.8, 4) is 0 Å². The zero-order valence-electron chi connectivity index (χ0n) is 65.8. The summed E-state index contributed by atoms with van der Waals surface area (Å²) in [5.74, 6) is 0.870. The van der Waals surface area contributed by atoms with E-state index in [4.69, 9.17) is 37.0 Å². The molecule has 5 atom stereocenters. The maximum Gasteiger partial charge on any atom is 0.472 e. The van der Waals surface area contributed by atoms with Crippen molar-refractivity contribution in [2.45, 2.75) is 433 Å². The Morgan fingerprint density at radius 3 is 0.620 bits per heavy atom. The first-order chi connectivity index (χ1) is 48.1. The fourth-order valence-corrected chi connectivity index (χ4v) is 14.0. The zero-order valence-corrected chi connectivity index (χ0v) is 67.6. The van der Waals surface area contributed by atoms with Crippen LogP contribution in [0.2, 0.25) is 0 Å². The summed E-state index contributed by atoms with van der Waals surface area (Å²) in [4.78, 5) is 72.8. The van der Waals surface area contributed by atoms with Crippen LogP contribution in [0.5, 0.6) is 0 Å². The van der Waals surface area contributed by atoms with Gasteiger partial charge in [-0.05, 0) is 49.4 Å². The van der Waals surface area contributed by atoms with Gasteiger partial charge in [0.2, 0.25) is 0 Å². The number of phosphoric ester groups is 2. The van der Waals surface area contributed by atoms with E-state index in [9.17, 15) is 43.2 Å². The quantitative estimate of drug-likeness (QED) is 0.0222. The number of hydrogen-bond acceptors (Lipinski definition) is 15. The lowest BCUT2D eigenvalue weighted by Gasteiger charge is -2.21. The largest absolute Gasteiger partial charge is 0.472 e. The van der Waals surface area contributed by atoms with E-state index in [-0.39, 0.29) is 25.7 Å². The molecule has 0 aromatic heterocycles. The Bertz CT molecular complexity index is 1950. The first kappa shape index (κ1) is 98.1. The molecule has 0 bridgehead atoms. The number of rotatable bonds is 78. The predicted octanol–water partition coefficient (Wildman–Crippen LogP) is 24.0. The summed E-state index contributed by atoms with van der Waals surface area (Å²) in [6, 6.07) is 0. The van der Waals surface area contributed by atoms with Gasteiger partial charge in [0.1, 0.15) is 19.3 Å². The topological polar surface area (TPSA) is 237 Å². The van der Waals surface area contributed by atoms with Crippen molar-refractivity contribution in [2.24, 2.45) is 23.7 Å². The van der Waals surface area contributed by atoms with Crippen molar-refractivity contribution in [1.29, 1.82) is 0 Å². The number of hydrogen-bond donors (Lipinski definition) is 3. The van der Waals surface area contributed by atoms with Gasteiger partial charge in [0, 0.05) is 25.7 Å². The molecule has 0 saturated heterocycles. The van der Waals surface area contributed by atoms with Crippen LogP contribution in [0.1, 0.15) is 415 Å². The SMILES string of the molecule is CC(C)CCCCCCCCCCCCCCCCCCCCC(=O)OC[C@H](COP(=O)(O)OC[C@@H](O)COP(=O)(O)OC[C@@H](COC(=O)CCCCCCCCC(C)C)OC(=O)CCCCCCCCC(C)C)OC(=O)CCCCCCCCCCCCCCCCCCCCC(C)C. The van der Waals surface area contributed by atoms with Gasteiger partial charge in [-0.1, -0.05) is 364 Å². The van der Waals surface area contributed by atoms with Crippen LogP contribution < -0.4 is 0 Å². The molecule has 0 aliphatic carbocycles. The number of carbonyl (C=O) groups is 4. The molecule has 0 aliphatic rings. The highest BCUT2D eigenvalue weighted by atomic mass is 31.2. The van der Waals surface area contributed by atoms with Gasteiger partial charge in [0.25, 0.3) is 0 Å². The number of aliphatic hydroxyl groups is 1. The van der Waals surface area contributed by atoms with Crippen LogP contribution in [0.4, 0.5) is 0 Å². The fraction of sp³-hybridized carbons (Fsp3) is 0.951. The van der Waals surface area contributed by atoms with Crippen molar-refractivity contribution in [3.63, 3.8) is 0 Å². The molecule has 0 aliphatic heterocycles. The highest BCUT2D eigenvalue weighted by Crippen LogP contribution is 2.45. The molecule has 0 heterocycles. The zero-order chi connectivity index (χ0) is 73.8. The predicted molar refractivity (Wildman–Crippen MR) is 409 cm³/mol. The third-order valence-corrected chi connectivity index (χ3v) is 20.7. The number of phosphoric acid groups is 2. The molecule has 0 radical (unpaired) electrons. The van der Waals surface area contributed by atoms with Crippen molar-refractivity contribution in [2.75, 3.05) is 39.6 Å². The molecule has 0 fully saturated rings. The lowest BCUT2D eigenvalue weighted by molar-refractivity contribution is -0.161. The molecular weight excluding hydrogens is 1310 g/mol. The molecule has 0 spiro atoms. The highest BCUT2D eigenvalue weighted by Gasteiger charge is 2.30. The van der Waals surface area contributed by atoms with E-state index in [2.05, 4.69) is 55.4 Å². The van der Waals surface area contributed by atoms with Crippen LogP contribution >= 0.6 is 15.6 Å². The van der Waals surface area contributed by atoms with E-state index in [1.54, 1.807) is 0 Å². The molecule has 100 heavy (non-hydrogen) atoms. The Morgan fingerprint density at radius 1 is 0.250 bits per heavy atom. The summed E-state index contributed by atoms with van der Waals surface area (Å²) in [5.41, 5.74) is 0. The molecule has 0 aromatic rings. The highest BCUT2D eigenvalue weighted by molar-refractivity contribution is 7.47. The summed E-state index contributed by atoms with van der Waals surface area (Å²) in [6.45, 7) is 14.1. The molecule has 19 heteroatoms. The monoisotopic (exact) mass is 1470 g/mol. The van der Waals surface area contributed by atoms with Crippen LogP contribution in [-0.2, 0) is 65.4 Å². The van der Waals surface area contributed by atoms with Gasteiger partial charge in [0.15, 0.2) is 12.2 Å². The van der Waals surface area contributed by atoms with Gasteiger partial charge in [-0.2, -0.15) is 0 Å². The summed E-state index contributed by atoms with van der Waals surface area (Å²) >= 11 is 0. The lowest BCUT2D eigenvalue weighted by atomic mass is 10.0. The van der Waals surface area contributed by atoms with Gasteiger partial charge < -0.3 is 33.8 Å². The van der Waals surface area contributed by atoms with E-state index in [1.807, 2.05) is 0 Å². The number of ether oxygens (including phenoxy) is 4. The number of aliphatic hydroxyl groups excluding tert-OH is 1. The van der Waals surface area contributed by atoms with Crippen LogP contribution in [0, 0.1) is 23.7 Å². The molecule has 0 saturated carbocycles. The van der Waals surface area contributed by atoms with Crippen LogP contribution in [0.25, 0.3) is 0 Å². The van der Waals surface area contributed by atoms with E-state index in [1.165, 1.54) is 212 Å². The van der Waals surface area contributed by atoms with E-state index < -0.39 is 97.5 Å². The summed E-state index contributed by atoms with van der Waals surface area (Å²) in [7, 11) is -9.91. The summed E-state index contributed by atoms with van der Waals surface area (Å²) in [6.07, 6.45) is 57.6. The standard InChI is InChI=1S/C81H158O17P2/c1-71(2)57-49-41-33-29-25-21-17-13-9-11-15-19-23-27-31-35-45-53-61-78(83)91-67-76(97-80(85)63-55-47-36-32-28-24-20-16-12-10-14-18-22-26-30-34-42-50-58-72(3)4)69-95-99(87,88)93-65-75(82)66-94-100(89,90)96-70-77(98-81(86)64-56-48-40-38-44-52-60-74(7)8)68-92-79(84)62-54-46-39-37-43-51-59-73(5)6/h71-77,82H,9-70H2,1-8H3,(H,87,88)(H,89,90)/t75-,76-,77-/m1/s1. The van der Waals surface area contributed by atoms with Crippen molar-refractivity contribution in [1.82, 2.24) is 0 Å². The third-order valence-electron chi connectivity index (χ3n) is 18.8. The molecule has 2 unspecified atom stereocenters. The molecule has 0 amide bonds. The number of esters is 4. The van der Waals surface area contributed by atoms with Gasteiger partial charge >= 0.3 is 39.5 Å². The molecule has 594 valence electrons. The third kappa shape index (κ3) is 74.3. The minimum absolute atomic E-state index is 0.101. The average Bonchev–Trinajstić information content (AvgIpc) is 0.953. The molecule has 17 nitrogen and oxygen atoms in total. The Hall–Kier alpha value is -1.94. The van der Waals surface area contributed by atoms with Gasteiger partial charge in [-0.3, -0.25) is 37.3 Å². The Morgan fingerprint density at radius 2 is 0.420 bits per heavy atom. The molecule has 0 rings (SSSR count). The van der Waals surface area contributed by atoms with E-state index in [0.29, 0.717) is 37.5 Å². The normalized spacial score (nSPS) is 14.0. The van der Waals surface area contributed by atoms with Crippen molar-refractivity contribution >= 4 is 39.5 Å². The summed E-state index contributed by atoms with van der Waals surface area (Å²) < 4.78 is 68.5. The fourth-order valence-electron chi connectivity index (χ4n) is 12.4. The van der Waals surface area contributed by atoms with Crippen molar-refractivity contribution in [3.05, 3.63) is 0 Å².